The topological polar surface area (TPSA) is 71.8 Å². The third-order valence-corrected chi connectivity index (χ3v) is 5.25. The van der Waals surface area contributed by atoms with Crippen LogP contribution in [0.15, 0.2) is 60.1 Å². The fourth-order valence-corrected chi connectivity index (χ4v) is 3.95. The van der Waals surface area contributed by atoms with Gasteiger partial charge >= 0.3 is 0 Å². The van der Waals surface area contributed by atoms with Gasteiger partial charge in [-0.15, -0.1) is 0 Å². The van der Waals surface area contributed by atoms with E-state index >= 15 is 0 Å². The summed E-state index contributed by atoms with van der Waals surface area (Å²) in [6.07, 6.45) is 1.43. The van der Waals surface area contributed by atoms with Crippen molar-refractivity contribution in [2.24, 2.45) is 0 Å². The lowest BCUT2D eigenvalue weighted by atomic mass is 9.94. The van der Waals surface area contributed by atoms with Crippen molar-refractivity contribution in [3.63, 3.8) is 0 Å². The maximum Gasteiger partial charge on any atom is 0.255 e. The van der Waals surface area contributed by atoms with Gasteiger partial charge in [0.1, 0.15) is 12.4 Å². The average Bonchev–Trinajstić information content (AvgIpc) is 3.09. The predicted octanol–water partition coefficient (Wildman–Crippen LogP) is 4.82. The molecule has 1 aliphatic heterocycles. The fourth-order valence-electron chi connectivity index (χ4n) is 3.35. The molecule has 1 atom stereocenters. The van der Waals surface area contributed by atoms with Crippen molar-refractivity contribution in [3.8, 4) is 0 Å². The van der Waals surface area contributed by atoms with Crippen LogP contribution in [0.4, 0.5) is 11.6 Å². The van der Waals surface area contributed by atoms with Crippen molar-refractivity contribution >= 4 is 40.7 Å². The van der Waals surface area contributed by atoms with E-state index in [9.17, 15) is 4.79 Å². The predicted molar refractivity (Wildman–Crippen MR) is 111 cm³/mol. The summed E-state index contributed by atoms with van der Waals surface area (Å²) in [6, 6.07) is 12.3. The number of aryl methyl sites for hydroxylation is 1. The van der Waals surface area contributed by atoms with Crippen LogP contribution in [0.2, 0.25) is 10.0 Å². The number of amides is 1. The first-order valence-electron chi connectivity index (χ1n) is 8.65. The molecule has 0 saturated carbocycles. The Labute approximate surface area is 172 Å². The highest BCUT2D eigenvalue weighted by Crippen LogP contribution is 2.41. The van der Waals surface area contributed by atoms with Gasteiger partial charge in [0.2, 0.25) is 5.95 Å². The second kappa shape index (κ2) is 7.30. The molecule has 0 saturated heterocycles. The van der Waals surface area contributed by atoms with Crippen molar-refractivity contribution in [2.45, 2.75) is 19.9 Å². The largest absolute Gasteiger partial charge is 0.328 e. The third kappa shape index (κ3) is 3.25. The quantitative estimate of drug-likeness (QED) is 0.645. The number of rotatable bonds is 3. The molecular formula is C20H17Cl2N5O. The third-order valence-electron chi connectivity index (χ3n) is 4.59. The average molecular weight is 414 g/mol. The Hall–Kier alpha value is -2.83. The molecular weight excluding hydrogens is 397 g/mol. The molecule has 8 heteroatoms. The SMILES string of the molecule is CC1=C(C(=O)Nc2cccc(C)c2)C(c2c(Cl)cccc2Cl)n2ncnc2N1. The summed E-state index contributed by atoms with van der Waals surface area (Å²) in [7, 11) is 0. The molecule has 0 radical (unpaired) electrons. The number of carbonyl (C=O) groups excluding carboxylic acids is 1. The van der Waals surface area contributed by atoms with Gasteiger partial charge in [0.05, 0.1) is 5.57 Å². The molecule has 0 aliphatic carbocycles. The molecule has 6 nitrogen and oxygen atoms in total. The van der Waals surface area contributed by atoms with Gasteiger partial charge in [0.25, 0.3) is 5.91 Å². The van der Waals surface area contributed by atoms with Gasteiger partial charge in [-0.3, -0.25) is 4.79 Å². The molecule has 2 heterocycles. The summed E-state index contributed by atoms with van der Waals surface area (Å²) in [6.45, 7) is 3.79. The van der Waals surface area contributed by atoms with E-state index in [0.717, 1.165) is 5.56 Å². The molecule has 2 aromatic carbocycles. The first-order valence-corrected chi connectivity index (χ1v) is 9.40. The number of benzene rings is 2. The van der Waals surface area contributed by atoms with Crippen LogP contribution in [0.1, 0.15) is 24.1 Å². The van der Waals surface area contributed by atoms with Crippen LogP contribution in [-0.2, 0) is 4.79 Å². The molecule has 142 valence electrons. The van der Waals surface area contributed by atoms with Crippen LogP contribution in [-0.4, -0.2) is 20.7 Å². The van der Waals surface area contributed by atoms with Crippen LogP contribution >= 0.6 is 23.2 Å². The Morgan fingerprint density at radius 3 is 2.57 bits per heavy atom. The standard InChI is InChI=1S/C20H17Cl2N5O/c1-11-5-3-6-13(9-11)26-19(28)16-12(2)25-20-23-10-24-27(20)18(16)17-14(21)7-4-8-15(17)22/h3-10,18H,1-2H3,(H,26,28)(H,23,24,25). The number of allylic oxidation sites excluding steroid dienone is 1. The zero-order chi connectivity index (χ0) is 19.8. The molecule has 1 aliphatic rings. The first-order chi connectivity index (χ1) is 13.5. The maximum atomic E-state index is 13.3. The van der Waals surface area contributed by atoms with Gasteiger partial charge in [-0.1, -0.05) is 41.4 Å². The Balaban J connectivity index is 1.82. The highest BCUT2D eigenvalue weighted by atomic mass is 35.5. The number of aromatic nitrogens is 3. The first kappa shape index (κ1) is 18.5. The Bertz CT molecular complexity index is 1090. The Morgan fingerprint density at radius 2 is 1.86 bits per heavy atom. The van der Waals surface area contributed by atoms with E-state index in [1.165, 1.54) is 6.33 Å². The lowest BCUT2D eigenvalue weighted by Gasteiger charge is -2.29. The van der Waals surface area contributed by atoms with E-state index < -0.39 is 6.04 Å². The summed E-state index contributed by atoms with van der Waals surface area (Å²) in [5.74, 6) is 0.253. The van der Waals surface area contributed by atoms with Crippen LogP contribution in [0.5, 0.6) is 0 Å². The van der Waals surface area contributed by atoms with Crippen LogP contribution < -0.4 is 10.6 Å². The fraction of sp³-hybridized carbons (Fsp3) is 0.150. The highest BCUT2D eigenvalue weighted by molar-refractivity contribution is 6.36. The lowest BCUT2D eigenvalue weighted by Crippen LogP contribution is -2.31. The number of nitrogens with one attached hydrogen (secondary N) is 2. The molecule has 0 bridgehead atoms. The van der Waals surface area contributed by atoms with Crippen LogP contribution in [0.25, 0.3) is 0 Å². The van der Waals surface area contributed by atoms with E-state index in [4.69, 9.17) is 23.2 Å². The number of fused-ring (bicyclic) bond motifs is 1. The van der Waals surface area contributed by atoms with Crippen molar-refractivity contribution in [2.75, 3.05) is 10.6 Å². The smallest absolute Gasteiger partial charge is 0.255 e. The maximum absolute atomic E-state index is 13.3. The number of halogens is 2. The van der Waals surface area contributed by atoms with Crippen molar-refractivity contribution in [1.29, 1.82) is 0 Å². The molecule has 3 aromatic rings. The van der Waals surface area contributed by atoms with E-state index in [2.05, 4.69) is 20.7 Å². The lowest BCUT2D eigenvalue weighted by molar-refractivity contribution is -0.113. The number of anilines is 2. The van der Waals surface area contributed by atoms with Gasteiger partial charge in [0, 0.05) is 27.0 Å². The molecule has 2 N–H and O–H groups in total. The molecule has 4 rings (SSSR count). The highest BCUT2D eigenvalue weighted by Gasteiger charge is 2.35. The minimum absolute atomic E-state index is 0.266. The van der Waals surface area contributed by atoms with Gasteiger partial charge < -0.3 is 10.6 Å². The zero-order valence-corrected chi connectivity index (χ0v) is 16.7. The van der Waals surface area contributed by atoms with Crippen LogP contribution in [0.3, 0.4) is 0 Å². The van der Waals surface area contributed by atoms with Gasteiger partial charge in [-0.25, -0.2) is 4.68 Å². The van der Waals surface area contributed by atoms with Crippen molar-refractivity contribution in [3.05, 3.63) is 81.2 Å². The minimum atomic E-state index is -0.607. The summed E-state index contributed by atoms with van der Waals surface area (Å²) in [5.41, 5.74) is 3.49. The molecule has 1 aromatic heterocycles. The normalized spacial score (nSPS) is 15.8. The Kier molecular flexibility index (Phi) is 4.83. The number of hydrogen-bond donors (Lipinski definition) is 2. The zero-order valence-electron chi connectivity index (χ0n) is 15.2. The van der Waals surface area contributed by atoms with Crippen molar-refractivity contribution < 1.29 is 4.79 Å². The minimum Gasteiger partial charge on any atom is -0.328 e. The van der Waals surface area contributed by atoms with Gasteiger partial charge in [-0.2, -0.15) is 10.1 Å². The summed E-state index contributed by atoms with van der Waals surface area (Å²) in [5, 5.41) is 11.3. The monoisotopic (exact) mass is 413 g/mol. The molecule has 1 amide bonds. The second-order valence-corrected chi connectivity index (χ2v) is 7.37. The number of nitrogens with zero attached hydrogens (tertiary/aromatic N) is 3. The Morgan fingerprint density at radius 1 is 1.14 bits per heavy atom. The van der Waals surface area contributed by atoms with Gasteiger partial charge in [-0.05, 0) is 43.7 Å². The van der Waals surface area contributed by atoms with E-state index in [0.29, 0.717) is 38.5 Å². The molecule has 28 heavy (non-hydrogen) atoms. The number of hydrogen-bond acceptors (Lipinski definition) is 4. The van der Waals surface area contributed by atoms with Crippen LogP contribution in [0, 0.1) is 6.92 Å². The summed E-state index contributed by atoms with van der Waals surface area (Å²) in [4.78, 5) is 17.5. The van der Waals surface area contributed by atoms with E-state index in [1.807, 2.05) is 38.1 Å². The molecule has 1 unspecified atom stereocenters. The number of carbonyl (C=O) groups is 1. The summed E-state index contributed by atoms with van der Waals surface area (Å²) >= 11 is 12.9. The molecule has 0 spiro atoms. The van der Waals surface area contributed by atoms with E-state index in [-0.39, 0.29) is 5.91 Å². The van der Waals surface area contributed by atoms with E-state index in [1.54, 1.807) is 22.9 Å². The molecule has 0 fully saturated rings. The second-order valence-electron chi connectivity index (χ2n) is 6.55. The van der Waals surface area contributed by atoms with Crippen molar-refractivity contribution in [1.82, 2.24) is 14.8 Å². The van der Waals surface area contributed by atoms with Gasteiger partial charge in [0.15, 0.2) is 0 Å². The summed E-state index contributed by atoms with van der Waals surface area (Å²) < 4.78 is 1.62.